The Labute approximate surface area is 159 Å². The number of rotatable bonds is 3. The highest BCUT2D eigenvalue weighted by molar-refractivity contribution is 5.74. The quantitative estimate of drug-likeness (QED) is 0.743. The number of nitrogens with one attached hydrogen (secondary N) is 1. The van der Waals surface area contributed by atoms with E-state index in [0.717, 1.165) is 37.0 Å². The van der Waals surface area contributed by atoms with Gasteiger partial charge in [0, 0.05) is 26.1 Å². The third-order valence-electron chi connectivity index (χ3n) is 5.57. The van der Waals surface area contributed by atoms with Crippen LogP contribution in [0.5, 0.6) is 0 Å². The first-order valence-corrected chi connectivity index (χ1v) is 9.07. The van der Waals surface area contributed by atoms with Crippen molar-refractivity contribution in [2.24, 2.45) is 7.05 Å². The second kappa shape index (κ2) is 6.65. The zero-order chi connectivity index (χ0) is 20.1. The highest BCUT2D eigenvalue weighted by atomic mass is 19.4. The first-order chi connectivity index (χ1) is 13.3. The summed E-state index contributed by atoms with van der Waals surface area (Å²) in [5.74, 6) is 0.504. The highest BCUT2D eigenvalue weighted by Gasteiger charge is 2.34. The summed E-state index contributed by atoms with van der Waals surface area (Å²) in [6.07, 6.45) is -0.162. The number of hydrogen-bond donors (Lipinski definition) is 1. The van der Waals surface area contributed by atoms with Crippen LogP contribution >= 0.6 is 0 Å². The minimum Gasteiger partial charge on any atom is -0.342 e. The van der Waals surface area contributed by atoms with E-state index < -0.39 is 11.7 Å². The molecule has 6 nitrogen and oxygen atoms in total. The van der Waals surface area contributed by atoms with Gasteiger partial charge in [-0.1, -0.05) is 18.6 Å². The van der Waals surface area contributed by atoms with Crippen LogP contribution in [0.25, 0.3) is 11.0 Å². The van der Waals surface area contributed by atoms with Crippen LogP contribution in [0.3, 0.4) is 0 Å². The van der Waals surface area contributed by atoms with Crippen molar-refractivity contribution in [1.82, 2.24) is 19.7 Å². The van der Waals surface area contributed by atoms with E-state index >= 15 is 0 Å². The second-order valence-electron chi connectivity index (χ2n) is 7.23. The van der Waals surface area contributed by atoms with Crippen LogP contribution in [-0.2, 0) is 13.2 Å². The summed E-state index contributed by atoms with van der Waals surface area (Å²) >= 11 is 0. The molecule has 148 valence electrons. The van der Waals surface area contributed by atoms with Crippen LogP contribution < -0.4 is 10.5 Å². The second-order valence-corrected chi connectivity index (χ2v) is 7.23. The molecule has 28 heavy (non-hydrogen) atoms. The maximum atomic E-state index is 12.8. The van der Waals surface area contributed by atoms with Gasteiger partial charge in [-0.15, -0.1) is 0 Å². The number of halogens is 3. The SMILES string of the molecule is CN(c1nc2c(cnn2C)c(=O)[nH]1)C1CCCC1c1ccc(C(F)(F)F)cc1. The predicted molar refractivity (Wildman–Crippen MR) is 99.4 cm³/mol. The predicted octanol–water partition coefficient (Wildman–Crippen LogP) is 3.45. The maximum absolute atomic E-state index is 12.8. The third-order valence-corrected chi connectivity index (χ3v) is 5.57. The molecular formula is C19H20F3N5O. The number of aromatic amines is 1. The monoisotopic (exact) mass is 391 g/mol. The molecule has 9 heteroatoms. The fourth-order valence-electron chi connectivity index (χ4n) is 4.06. The molecule has 0 radical (unpaired) electrons. The zero-order valence-corrected chi connectivity index (χ0v) is 15.5. The maximum Gasteiger partial charge on any atom is 0.416 e. The lowest BCUT2D eigenvalue weighted by atomic mass is 9.92. The summed E-state index contributed by atoms with van der Waals surface area (Å²) in [7, 11) is 3.58. The molecule has 1 aromatic carbocycles. The molecule has 3 aromatic rings. The summed E-state index contributed by atoms with van der Waals surface area (Å²) in [5.41, 5.74) is 0.455. The van der Waals surface area contributed by atoms with Gasteiger partial charge in [-0.2, -0.15) is 23.3 Å². The number of nitrogens with zero attached hydrogens (tertiary/aromatic N) is 4. The lowest BCUT2D eigenvalue weighted by molar-refractivity contribution is -0.137. The first kappa shape index (κ1) is 18.5. The van der Waals surface area contributed by atoms with Gasteiger partial charge in [0.05, 0.1) is 11.8 Å². The van der Waals surface area contributed by atoms with Crippen LogP contribution in [0.4, 0.5) is 19.1 Å². The average Bonchev–Trinajstić information content (AvgIpc) is 3.28. The molecule has 2 atom stereocenters. The number of likely N-dealkylation sites (N-methyl/N-ethyl adjacent to an activating group) is 1. The zero-order valence-electron chi connectivity index (χ0n) is 15.5. The van der Waals surface area contributed by atoms with Crippen molar-refractivity contribution in [1.29, 1.82) is 0 Å². The normalized spacial score (nSPS) is 20.0. The van der Waals surface area contributed by atoms with E-state index in [-0.39, 0.29) is 17.5 Å². The van der Waals surface area contributed by atoms with Crippen molar-refractivity contribution < 1.29 is 13.2 Å². The van der Waals surface area contributed by atoms with E-state index in [9.17, 15) is 18.0 Å². The lowest BCUT2D eigenvalue weighted by Crippen LogP contribution is -2.36. The van der Waals surface area contributed by atoms with Crippen LogP contribution in [0.15, 0.2) is 35.3 Å². The van der Waals surface area contributed by atoms with Crippen LogP contribution in [0.1, 0.15) is 36.3 Å². The molecule has 2 unspecified atom stereocenters. The van der Waals surface area contributed by atoms with Crippen molar-refractivity contribution >= 4 is 17.0 Å². The van der Waals surface area contributed by atoms with E-state index in [1.807, 2.05) is 11.9 Å². The summed E-state index contributed by atoms with van der Waals surface area (Å²) in [5, 5.41) is 4.49. The molecule has 2 heterocycles. The van der Waals surface area contributed by atoms with Crippen molar-refractivity contribution in [2.75, 3.05) is 11.9 Å². The van der Waals surface area contributed by atoms with Gasteiger partial charge in [-0.3, -0.25) is 14.5 Å². The molecule has 0 amide bonds. The highest BCUT2D eigenvalue weighted by Crippen LogP contribution is 2.39. The standard InChI is InChI=1S/C19H20F3N5O/c1-26(18-24-16-14(17(28)25-18)10-23-27(16)2)15-5-3-4-13(15)11-6-8-12(9-7-11)19(20,21)22/h6-10,13,15H,3-5H2,1-2H3,(H,24,25,28). The van der Waals surface area contributed by atoms with Gasteiger partial charge in [0.15, 0.2) is 5.65 Å². The van der Waals surface area contributed by atoms with Gasteiger partial charge < -0.3 is 4.90 Å². The van der Waals surface area contributed by atoms with Crippen LogP contribution in [0.2, 0.25) is 0 Å². The molecule has 0 aliphatic heterocycles. The number of H-pyrrole nitrogens is 1. The Morgan fingerprint density at radius 1 is 1.21 bits per heavy atom. The Kier molecular flexibility index (Phi) is 4.40. The minimum absolute atomic E-state index is 0.0329. The number of aryl methyl sites for hydroxylation is 1. The number of benzene rings is 1. The van der Waals surface area contributed by atoms with Gasteiger partial charge in [0.1, 0.15) is 5.39 Å². The van der Waals surface area contributed by atoms with Gasteiger partial charge in [-0.05, 0) is 30.5 Å². The molecule has 1 aliphatic carbocycles. The van der Waals surface area contributed by atoms with E-state index in [2.05, 4.69) is 15.1 Å². The number of aromatic nitrogens is 4. The van der Waals surface area contributed by atoms with Crippen molar-refractivity contribution in [3.63, 3.8) is 0 Å². The molecule has 4 rings (SSSR count). The third kappa shape index (κ3) is 3.14. The number of fused-ring (bicyclic) bond motifs is 1. The molecule has 0 saturated heterocycles. The largest absolute Gasteiger partial charge is 0.416 e. The Balaban J connectivity index is 1.65. The van der Waals surface area contributed by atoms with Crippen molar-refractivity contribution in [3.05, 3.63) is 51.9 Å². The molecule has 1 aliphatic rings. The first-order valence-electron chi connectivity index (χ1n) is 9.07. The van der Waals surface area contributed by atoms with Gasteiger partial charge in [0.2, 0.25) is 5.95 Å². The van der Waals surface area contributed by atoms with Crippen LogP contribution in [0, 0.1) is 0 Å². The molecule has 2 aromatic heterocycles. The number of hydrogen-bond acceptors (Lipinski definition) is 4. The van der Waals surface area contributed by atoms with Gasteiger partial charge in [-0.25, -0.2) is 0 Å². The molecule has 1 saturated carbocycles. The molecular weight excluding hydrogens is 371 g/mol. The summed E-state index contributed by atoms with van der Waals surface area (Å²) in [6, 6.07) is 5.41. The van der Waals surface area contributed by atoms with Gasteiger partial charge in [0.25, 0.3) is 5.56 Å². The summed E-state index contributed by atoms with van der Waals surface area (Å²) in [4.78, 5) is 21.6. The fourth-order valence-corrected chi connectivity index (χ4v) is 4.06. The Bertz CT molecular complexity index is 1050. The summed E-state index contributed by atoms with van der Waals surface area (Å²) < 4.78 is 40.1. The van der Waals surface area contributed by atoms with E-state index in [4.69, 9.17) is 0 Å². The molecule has 1 fully saturated rings. The Hall–Kier alpha value is -2.84. The van der Waals surface area contributed by atoms with E-state index in [0.29, 0.717) is 17.0 Å². The number of alkyl halides is 3. The molecule has 0 spiro atoms. The summed E-state index contributed by atoms with van der Waals surface area (Å²) in [6.45, 7) is 0. The Morgan fingerprint density at radius 3 is 2.61 bits per heavy atom. The van der Waals surface area contributed by atoms with Crippen molar-refractivity contribution in [2.45, 2.75) is 37.4 Å². The van der Waals surface area contributed by atoms with Crippen LogP contribution in [-0.4, -0.2) is 32.8 Å². The van der Waals surface area contributed by atoms with Gasteiger partial charge >= 0.3 is 6.18 Å². The number of anilines is 1. The van der Waals surface area contributed by atoms with E-state index in [1.54, 1.807) is 23.9 Å². The average molecular weight is 391 g/mol. The lowest BCUT2D eigenvalue weighted by Gasteiger charge is -2.30. The molecule has 1 N–H and O–H groups in total. The fraction of sp³-hybridized carbons (Fsp3) is 0.421. The molecule has 0 bridgehead atoms. The Morgan fingerprint density at radius 2 is 1.93 bits per heavy atom. The minimum atomic E-state index is -4.34. The smallest absolute Gasteiger partial charge is 0.342 e. The van der Waals surface area contributed by atoms with Crippen molar-refractivity contribution in [3.8, 4) is 0 Å². The topological polar surface area (TPSA) is 66.8 Å². The van der Waals surface area contributed by atoms with E-state index in [1.165, 1.54) is 6.20 Å².